The van der Waals surface area contributed by atoms with Gasteiger partial charge in [0.05, 0.1) is 35.4 Å². The fraction of sp³-hybridized carbons (Fsp3) is 0.862. The molecule has 0 aromatic rings. The Morgan fingerprint density at radius 1 is 1.11 bits per heavy atom. The van der Waals surface area contributed by atoms with Crippen molar-refractivity contribution in [2.24, 2.45) is 40.4 Å². The lowest BCUT2D eigenvalue weighted by Crippen LogP contribution is -2.62. The van der Waals surface area contributed by atoms with Crippen LogP contribution in [0.4, 0.5) is 0 Å². The maximum absolute atomic E-state index is 13.3. The molecule has 0 bridgehead atoms. The molecular weight excluding hydrogens is 476 g/mol. The van der Waals surface area contributed by atoms with Gasteiger partial charge in [-0.15, -0.1) is 0 Å². The number of carbonyl (C=O) groups excluding carboxylic acids is 2. The van der Waals surface area contributed by atoms with Crippen LogP contribution in [0.3, 0.4) is 0 Å². The molecule has 13 atom stereocenters. The molecule has 5 aliphatic rings. The quantitative estimate of drug-likeness (QED) is 0.354. The van der Waals surface area contributed by atoms with Crippen molar-refractivity contribution in [1.29, 1.82) is 0 Å². The van der Waals surface area contributed by atoms with E-state index in [1.165, 1.54) is 0 Å². The first kappa shape index (κ1) is 27.3. The van der Waals surface area contributed by atoms with Crippen molar-refractivity contribution in [1.82, 2.24) is 0 Å². The molecule has 0 unspecified atom stereocenters. The van der Waals surface area contributed by atoms with E-state index in [9.17, 15) is 35.1 Å². The molecular formula is C29H44O8. The van der Waals surface area contributed by atoms with Crippen LogP contribution in [0.2, 0.25) is 0 Å². The largest absolute Gasteiger partial charge is 0.462 e. The lowest BCUT2D eigenvalue weighted by atomic mass is 9.45. The van der Waals surface area contributed by atoms with E-state index in [1.807, 2.05) is 13.8 Å². The first-order valence-electron chi connectivity index (χ1n) is 14.0. The van der Waals surface area contributed by atoms with Gasteiger partial charge < -0.3 is 30.3 Å². The summed E-state index contributed by atoms with van der Waals surface area (Å²) in [5, 5.41) is 56.0. The molecule has 1 aliphatic heterocycles. The Hall–Kier alpha value is -1.32. The highest BCUT2D eigenvalue weighted by Gasteiger charge is 2.68. The smallest absolute Gasteiger partial charge is 0.309 e. The minimum atomic E-state index is -1.31. The second-order valence-corrected chi connectivity index (χ2v) is 13.7. The predicted molar refractivity (Wildman–Crippen MR) is 134 cm³/mol. The molecule has 4 fully saturated rings. The summed E-state index contributed by atoms with van der Waals surface area (Å²) in [6.45, 7) is 9.23. The van der Waals surface area contributed by atoms with E-state index < -0.39 is 58.3 Å². The Morgan fingerprint density at radius 3 is 2.41 bits per heavy atom. The number of esters is 1. The standard InChI is InChI=1S/C29H44O8/c1-14-24(15(2)37-25(14)34)22(33)13-28(5,35)23-7-9-29(36)17-10-19(30)18-11-20(31)21(32)12-26(18,3)16(17)6-8-27(23,29)4/h10,14-16,18,20-24,31-33,35-36H,6-9,11-13H2,1-5H3/t14-,15+,16-,18-,20+,21-,22+,23-,24+,26+,27+,28-,29+/m0/s1. The van der Waals surface area contributed by atoms with Gasteiger partial charge in [-0.2, -0.15) is 0 Å². The van der Waals surface area contributed by atoms with Crippen LogP contribution in [0.5, 0.6) is 0 Å². The van der Waals surface area contributed by atoms with Crippen LogP contribution in [0.1, 0.15) is 79.6 Å². The van der Waals surface area contributed by atoms with Gasteiger partial charge >= 0.3 is 5.97 Å². The molecule has 8 heteroatoms. The third-order valence-corrected chi connectivity index (χ3v) is 11.7. The number of aliphatic hydroxyl groups is 5. The number of cyclic esters (lactones) is 1. The van der Waals surface area contributed by atoms with Crippen molar-refractivity contribution in [3.8, 4) is 0 Å². The third kappa shape index (κ3) is 3.73. The highest BCUT2D eigenvalue weighted by molar-refractivity contribution is 5.95. The van der Waals surface area contributed by atoms with Crippen LogP contribution < -0.4 is 0 Å². The summed E-state index contributed by atoms with van der Waals surface area (Å²) in [6.07, 6.45) is 1.30. The highest BCUT2D eigenvalue weighted by Crippen LogP contribution is 2.68. The average Bonchev–Trinajstić information content (AvgIpc) is 3.21. The van der Waals surface area contributed by atoms with Crippen LogP contribution in [0.15, 0.2) is 11.6 Å². The molecule has 0 aromatic heterocycles. The van der Waals surface area contributed by atoms with Gasteiger partial charge in [0.25, 0.3) is 0 Å². The van der Waals surface area contributed by atoms with Gasteiger partial charge in [-0.05, 0) is 81.3 Å². The lowest BCUT2D eigenvalue weighted by molar-refractivity contribution is -0.163. The number of ether oxygens (including phenoxy) is 1. The Morgan fingerprint density at radius 2 is 1.78 bits per heavy atom. The highest BCUT2D eigenvalue weighted by atomic mass is 16.6. The minimum absolute atomic E-state index is 0.0601. The van der Waals surface area contributed by atoms with Crippen molar-refractivity contribution in [3.05, 3.63) is 11.6 Å². The molecule has 1 heterocycles. The fourth-order valence-corrected chi connectivity index (χ4v) is 9.65. The SMILES string of the molecule is C[C@@H]1C(=O)O[C@H](C)[C@@H]1[C@H](O)C[C@](C)(O)[C@H]1CC[C@@]2(O)C3=CC(=O)[C@@H]4C[C@@H](O)[C@@H](O)C[C@]4(C)[C@H]3CC[C@]12C. The maximum atomic E-state index is 13.3. The monoisotopic (exact) mass is 520 g/mol. The van der Waals surface area contributed by atoms with E-state index in [-0.39, 0.29) is 42.3 Å². The second kappa shape index (κ2) is 8.59. The fourth-order valence-electron chi connectivity index (χ4n) is 9.65. The first-order valence-corrected chi connectivity index (χ1v) is 14.0. The third-order valence-electron chi connectivity index (χ3n) is 11.7. The predicted octanol–water partition coefficient (Wildman–Crippen LogP) is 1.89. The van der Waals surface area contributed by atoms with Crippen LogP contribution in [-0.4, -0.2) is 72.9 Å². The first-order chi connectivity index (χ1) is 17.1. The normalized spacial score (nSPS) is 51.9. The van der Waals surface area contributed by atoms with Gasteiger partial charge in [0.1, 0.15) is 6.10 Å². The van der Waals surface area contributed by atoms with Crippen molar-refractivity contribution in [2.45, 2.75) is 115 Å². The zero-order valence-electron chi connectivity index (χ0n) is 22.7. The molecule has 3 saturated carbocycles. The zero-order valence-corrected chi connectivity index (χ0v) is 22.7. The van der Waals surface area contributed by atoms with Crippen LogP contribution in [0, 0.1) is 40.4 Å². The van der Waals surface area contributed by atoms with E-state index >= 15 is 0 Å². The van der Waals surface area contributed by atoms with Crippen LogP contribution in [0.25, 0.3) is 0 Å². The van der Waals surface area contributed by atoms with Crippen molar-refractivity contribution < 1.29 is 39.9 Å². The average molecular weight is 521 g/mol. The number of hydrogen-bond donors (Lipinski definition) is 5. The summed E-state index contributed by atoms with van der Waals surface area (Å²) in [6, 6.07) is 0. The summed E-state index contributed by atoms with van der Waals surface area (Å²) >= 11 is 0. The Kier molecular flexibility index (Phi) is 6.33. The summed E-state index contributed by atoms with van der Waals surface area (Å²) < 4.78 is 5.31. The molecule has 0 amide bonds. The molecule has 5 N–H and O–H groups in total. The summed E-state index contributed by atoms with van der Waals surface area (Å²) in [4.78, 5) is 25.4. The summed E-state index contributed by atoms with van der Waals surface area (Å²) in [5.41, 5.74) is -3.15. The number of rotatable bonds is 4. The van der Waals surface area contributed by atoms with Crippen LogP contribution >= 0.6 is 0 Å². The van der Waals surface area contributed by atoms with Gasteiger partial charge in [0.2, 0.25) is 0 Å². The van der Waals surface area contributed by atoms with E-state index in [0.29, 0.717) is 37.7 Å². The number of ketones is 1. The number of carbonyl (C=O) groups is 2. The Labute approximate surface area is 219 Å². The number of allylic oxidation sites excluding steroid dienone is 1. The van der Waals surface area contributed by atoms with E-state index in [1.54, 1.807) is 26.8 Å². The molecule has 5 rings (SSSR count). The van der Waals surface area contributed by atoms with Gasteiger partial charge in [-0.3, -0.25) is 9.59 Å². The molecule has 4 aliphatic carbocycles. The number of aliphatic hydroxyl groups excluding tert-OH is 3. The topological polar surface area (TPSA) is 145 Å². The van der Waals surface area contributed by atoms with Gasteiger partial charge in [-0.25, -0.2) is 0 Å². The van der Waals surface area contributed by atoms with Crippen LogP contribution in [-0.2, 0) is 14.3 Å². The summed E-state index contributed by atoms with van der Waals surface area (Å²) in [7, 11) is 0. The van der Waals surface area contributed by atoms with Crippen molar-refractivity contribution in [3.63, 3.8) is 0 Å². The van der Waals surface area contributed by atoms with E-state index in [4.69, 9.17) is 4.74 Å². The maximum Gasteiger partial charge on any atom is 0.309 e. The molecule has 208 valence electrons. The minimum Gasteiger partial charge on any atom is -0.462 e. The molecule has 8 nitrogen and oxygen atoms in total. The van der Waals surface area contributed by atoms with Gasteiger partial charge in [-0.1, -0.05) is 20.8 Å². The molecule has 0 spiro atoms. The molecule has 1 saturated heterocycles. The van der Waals surface area contributed by atoms with E-state index in [0.717, 1.165) is 0 Å². The van der Waals surface area contributed by atoms with Gasteiger partial charge in [0, 0.05) is 23.7 Å². The Balaban J connectivity index is 1.43. The summed E-state index contributed by atoms with van der Waals surface area (Å²) in [5.74, 6) is -2.11. The number of fused-ring (bicyclic) bond motifs is 5. The second-order valence-electron chi connectivity index (χ2n) is 13.7. The van der Waals surface area contributed by atoms with Crippen molar-refractivity contribution >= 4 is 11.8 Å². The molecule has 0 aromatic carbocycles. The van der Waals surface area contributed by atoms with Crippen molar-refractivity contribution in [2.75, 3.05) is 0 Å². The molecule has 0 radical (unpaired) electrons. The van der Waals surface area contributed by atoms with E-state index in [2.05, 4.69) is 0 Å². The van der Waals surface area contributed by atoms with Gasteiger partial charge in [0.15, 0.2) is 5.78 Å². The Bertz CT molecular complexity index is 1010. The zero-order chi connectivity index (χ0) is 27.3. The number of hydrogen-bond acceptors (Lipinski definition) is 8. The lowest BCUT2D eigenvalue weighted by Gasteiger charge is -2.60. The molecule has 37 heavy (non-hydrogen) atoms.